The van der Waals surface area contributed by atoms with Crippen LogP contribution in [0.5, 0.6) is 0 Å². The number of carbonyl (C=O) groups excluding carboxylic acids is 1. The van der Waals surface area contributed by atoms with E-state index in [-0.39, 0.29) is 18.0 Å². The zero-order valence-electron chi connectivity index (χ0n) is 12.7. The van der Waals surface area contributed by atoms with Gasteiger partial charge in [0.2, 0.25) is 11.9 Å². The lowest BCUT2D eigenvalue weighted by Gasteiger charge is -2.28. The zero-order chi connectivity index (χ0) is 15.0. The quantitative estimate of drug-likeness (QED) is 0.856. The van der Waals surface area contributed by atoms with E-state index in [0.29, 0.717) is 24.8 Å². The predicted molar refractivity (Wildman–Crippen MR) is 81.2 cm³/mol. The van der Waals surface area contributed by atoms with Crippen LogP contribution in [-0.4, -0.2) is 41.6 Å². The van der Waals surface area contributed by atoms with Crippen molar-refractivity contribution in [3.05, 3.63) is 17.5 Å². The van der Waals surface area contributed by atoms with Gasteiger partial charge in [-0.3, -0.25) is 4.79 Å². The molecule has 1 aliphatic carbocycles. The van der Waals surface area contributed by atoms with E-state index in [0.717, 1.165) is 11.4 Å². The highest BCUT2D eigenvalue weighted by Gasteiger charge is 2.36. The van der Waals surface area contributed by atoms with Crippen LogP contribution in [0.3, 0.4) is 0 Å². The third-order valence-electron chi connectivity index (χ3n) is 4.53. The van der Waals surface area contributed by atoms with Gasteiger partial charge < -0.3 is 16.0 Å². The maximum atomic E-state index is 12.1. The van der Waals surface area contributed by atoms with Gasteiger partial charge in [-0.25, -0.2) is 9.97 Å². The van der Waals surface area contributed by atoms with Crippen molar-refractivity contribution in [1.82, 2.24) is 15.3 Å². The summed E-state index contributed by atoms with van der Waals surface area (Å²) in [6.07, 6.45) is 4.33. The molecule has 1 amide bonds. The summed E-state index contributed by atoms with van der Waals surface area (Å²) in [7, 11) is 1.65. The Labute approximate surface area is 125 Å². The smallest absolute Gasteiger partial charge is 0.242 e. The number of aryl methyl sites for hydroxylation is 1. The summed E-state index contributed by atoms with van der Waals surface area (Å²) < 4.78 is 0. The van der Waals surface area contributed by atoms with Crippen LogP contribution >= 0.6 is 0 Å². The standard InChI is InChI=1S/C15H23N5O/c1-9-6-12(10-4-3-5-10)19-15(18-9)20-8-11(16)7-13(20)14(21)17-2/h6,10-11,13H,3-5,7-8,16H2,1-2H3,(H,17,21)/t11-,13+/m1/s1. The van der Waals surface area contributed by atoms with Gasteiger partial charge in [-0.05, 0) is 32.3 Å². The number of anilines is 1. The molecule has 0 radical (unpaired) electrons. The number of rotatable bonds is 3. The minimum Gasteiger partial charge on any atom is -0.357 e. The Kier molecular flexibility index (Phi) is 3.80. The number of nitrogens with two attached hydrogens (primary N) is 1. The van der Waals surface area contributed by atoms with Gasteiger partial charge in [0.1, 0.15) is 6.04 Å². The van der Waals surface area contributed by atoms with E-state index < -0.39 is 0 Å². The van der Waals surface area contributed by atoms with Crippen LogP contribution in [0.25, 0.3) is 0 Å². The molecule has 3 N–H and O–H groups in total. The Morgan fingerprint density at radius 3 is 2.81 bits per heavy atom. The monoisotopic (exact) mass is 289 g/mol. The van der Waals surface area contributed by atoms with Gasteiger partial charge in [-0.1, -0.05) is 6.42 Å². The van der Waals surface area contributed by atoms with Crippen molar-refractivity contribution in [2.24, 2.45) is 5.73 Å². The van der Waals surface area contributed by atoms with Crippen LogP contribution < -0.4 is 16.0 Å². The van der Waals surface area contributed by atoms with Crippen LogP contribution in [0, 0.1) is 6.92 Å². The van der Waals surface area contributed by atoms with Gasteiger partial charge in [0.25, 0.3) is 0 Å². The molecule has 2 heterocycles. The number of nitrogens with one attached hydrogen (secondary N) is 1. The minimum absolute atomic E-state index is 0.0106. The average Bonchev–Trinajstić information content (AvgIpc) is 2.77. The second-order valence-electron chi connectivity index (χ2n) is 6.14. The molecule has 6 nitrogen and oxygen atoms in total. The number of carbonyl (C=O) groups is 1. The van der Waals surface area contributed by atoms with Gasteiger partial charge in [-0.2, -0.15) is 0 Å². The second-order valence-corrected chi connectivity index (χ2v) is 6.14. The van der Waals surface area contributed by atoms with Crippen LogP contribution in [0.15, 0.2) is 6.07 Å². The molecule has 1 aromatic rings. The Hall–Kier alpha value is -1.69. The number of amides is 1. The van der Waals surface area contributed by atoms with E-state index in [9.17, 15) is 4.79 Å². The predicted octanol–water partition coefficient (Wildman–Crippen LogP) is 0.705. The normalized spacial score (nSPS) is 25.8. The van der Waals surface area contributed by atoms with E-state index >= 15 is 0 Å². The Balaban J connectivity index is 1.90. The first-order valence-electron chi connectivity index (χ1n) is 7.68. The fourth-order valence-electron chi connectivity index (χ4n) is 3.12. The van der Waals surface area contributed by atoms with Gasteiger partial charge in [0, 0.05) is 36.9 Å². The van der Waals surface area contributed by atoms with Gasteiger partial charge in [0.05, 0.1) is 0 Å². The van der Waals surface area contributed by atoms with E-state index in [1.54, 1.807) is 7.05 Å². The zero-order valence-corrected chi connectivity index (χ0v) is 12.7. The average molecular weight is 289 g/mol. The summed E-state index contributed by atoms with van der Waals surface area (Å²) in [5.41, 5.74) is 8.11. The Morgan fingerprint density at radius 2 is 2.19 bits per heavy atom. The molecule has 0 aromatic carbocycles. The van der Waals surface area contributed by atoms with Crippen molar-refractivity contribution in [3.8, 4) is 0 Å². The van der Waals surface area contributed by atoms with Crippen molar-refractivity contribution in [2.45, 2.75) is 50.6 Å². The van der Waals surface area contributed by atoms with Crippen molar-refractivity contribution in [3.63, 3.8) is 0 Å². The highest BCUT2D eigenvalue weighted by molar-refractivity contribution is 5.85. The van der Waals surface area contributed by atoms with E-state index in [1.807, 2.05) is 11.8 Å². The van der Waals surface area contributed by atoms with Crippen molar-refractivity contribution in [2.75, 3.05) is 18.5 Å². The molecule has 1 aliphatic heterocycles. The number of aromatic nitrogens is 2. The third kappa shape index (κ3) is 2.72. The van der Waals surface area contributed by atoms with Crippen molar-refractivity contribution < 1.29 is 4.79 Å². The SMILES string of the molecule is CNC(=O)[C@@H]1C[C@@H](N)CN1c1nc(C)cc(C2CCC2)n1. The molecule has 1 aromatic heterocycles. The summed E-state index contributed by atoms with van der Waals surface area (Å²) in [5, 5.41) is 2.71. The van der Waals surface area contributed by atoms with Crippen LogP contribution in [0.1, 0.15) is 43.0 Å². The van der Waals surface area contributed by atoms with Gasteiger partial charge in [0.15, 0.2) is 0 Å². The molecule has 1 saturated heterocycles. The fraction of sp³-hybridized carbons (Fsp3) is 0.667. The summed E-state index contributed by atoms with van der Waals surface area (Å²) in [5.74, 6) is 1.19. The molecule has 2 fully saturated rings. The fourth-order valence-corrected chi connectivity index (χ4v) is 3.12. The highest BCUT2D eigenvalue weighted by atomic mass is 16.2. The second kappa shape index (κ2) is 5.60. The molecule has 3 rings (SSSR count). The molecule has 2 atom stereocenters. The van der Waals surface area contributed by atoms with E-state index in [1.165, 1.54) is 19.3 Å². The number of hydrogen-bond acceptors (Lipinski definition) is 5. The first-order valence-corrected chi connectivity index (χ1v) is 7.68. The van der Waals surface area contributed by atoms with Gasteiger partial charge >= 0.3 is 0 Å². The highest BCUT2D eigenvalue weighted by Crippen LogP contribution is 2.36. The summed E-state index contributed by atoms with van der Waals surface area (Å²) in [6, 6.07) is 1.79. The first kappa shape index (κ1) is 14.3. The molecular formula is C15H23N5O. The summed E-state index contributed by atoms with van der Waals surface area (Å²) in [6.45, 7) is 2.61. The van der Waals surface area contributed by atoms with Gasteiger partial charge in [-0.15, -0.1) is 0 Å². The summed E-state index contributed by atoms with van der Waals surface area (Å²) in [4.78, 5) is 23.3. The Morgan fingerprint density at radius 1 is 1.43 bits per heavy atom. The molecule has 1 saturated carbocycles. The molecular weight excluding hydrogens is 266 g/mol. The third-order valence-corrected chi connectivity index (χ3v) is 4.53. The number of hydrogen-bond donors (Lipinski definition) is 2. The topological polar surface area (TPSA) is 84.1 Å². The van der Waals surface area contributed by atoms with Crippen LogP contribution in [0.2, 0.25) is 0 Å². The molecule has 2 aliphatic rings. The first-order chi connectivity index (χ1) is 10.1. The minimum atomic E-state index is -0.263. The van der Waals surface area contributed by atoms with Crippen LogP contribution in [-0.2, 0) is 4.79 Å². The van der Waals surface area contributed by atoms with Crippen molar-refractivity contribution in [1.29, 1.82) is 0 Å². The molecule has 0 bridgehead atoms. The molecule has 0 spiro atoms. The largest absolute Gasteiger partial charge is 0.357 e. The van der Waals surface area contributed by atoms with E-state index in [2.05, 4.69) is 16.4 Å². The maximum Gasteiger partial charge on any atom is 0.242 e. The van der Waals surface area contributed by atoms with E-state index in [4.69, 9.17) is 10.7 Å². The number of nitrogens with zero attached hydrogens (tertiary/aromatic N) is 3. The lowest BCUT2D eigenvalue weighted by molar-refractivity contribution is -0.121. The molecule has 21 heavy (non-hydrogen) atoms. The van der Waals surface area contributed by atoms with Crippen molar-refractivity contribution >= 4 is 11.9 Å². The lowest BCUT2D eigenvalue weighted by Crippen LogP contribution is -2.43. The molecule has 0 unspecified atom stereocenters. The Bertz CT molecular complexity index is 543. The molecule has 6 heteroatoms. The van der Waals surface area contributed by atoms with Crippen LogP contribution in [0.4, 0.5) is 5.95 Å². The summed E-state index contributed by atoms with van der Waals surface area (Å²) >= 11 is 0. The maximum absolute atomic E-state index is 12.1. The number of likely N-dealkylation sites (N-methyl/N-ethyl adjacent to an activating group) is 1. The lowest BCUT2D eigenvalue weighted by atomic mass is 9.83. The molecule has 114 valence electrons.